The summed E-state index contributed by atoms with van der Waals surface area (Å²) in [6.45, 7) is 14.2. The van der Waals surface area contributed by atoms with Crippen LogP contribution >= 0.6 is 23.5 Å². The number of carboxylic acid groups (broad SMARTS) is 1. The van der Waals surface area contributed by atoms with Crippen LogP contribution in [0.4, 0.5) is 13.2 Å². The summed E-state index contributed by atoms with van der Waals surface area (Å²) in [7, 11) is 0. The molecule has 5 nitrogen and oxygen atoms in total. The van der Waals surface area contributed by atoms with E-state index >= 15 is 0 Å². The standard InChI is InChI=1S/C21H23NO4S2.C8H9F3.C2H6/c1-15-11-17(9-10-19(15)26-13-21(23)24)28-14-20(27-3)18(22-2)12-25-16-7-5-4-6-8-16;1-3-4-5-6-7(2)8(9,10)11;1-2/h4-11H,2,12-14H2,1,3H3,(H,23,24);3-6H,2H2,1H3;1-2H3/b20-18-;4-3-,6-5-;. The van der Waals surface area contributed by atoms with Gasteiger partial charge in [0, 0.05) is 21.1 Å². The maximum Gasteiger partial charge on any atom is 0.415 e. The SMILES string of the molecule is C=C(/C=C\C=C/C)C(F)(F)F.C=N/C(COc1ccccc1)=C(/CSc1ccc(OCC(=O)O)c(C)c1)SC.CC. The Kier molecular flexibility index (Phi) is 19.6. The molecular weight excluding hydrogens is 571 g/mol. The molecule has 0 fully saturated rings. The van der Waals surface area contributed by atoms with Crippen molar-refractivity contribution in [1.82, 2.24) is 0 Å². The number of carboxylic acids is 1. The zero-order valence-corrected chi connectivity index (χ0v) is 25.7. The van der Waals surface area contributed by atoms with Crippen LogP contribution in [0.1, 0.15) is 26.3 Å². The molecule has 0 amide bonds. The Balaban J connectivity index is 0.00000104. The number of para-hydroxylation sites is 1. The summed E-state index contributed by atoms with van der Waals surface area (Å²) in [6.07, 6.45) is 3.09. The molecule has 0 heterocycles. The highest BCUT2D eigenvalue weighted by atomic mass is 32.2. The first-order valence-electron chi connectivity index (χ1n) is 12.6. The van der Waals surface area contributed by atoms with Gasteiger partial charge in [0.2, 0.25) is 0 Å². The van der Waals surface area contributed by atoms with Crippen molar-refractivity contribution in [3.8, 4) is 11.5 Å². The Hall–Kier alpha value is -3.37. The lowest BCUT2D eigenvalue weighted by atomic mass is 10.2. The molecule has 2 rings (SSSR count). The number of carbonyl (C=O) groups is 1. The van der Waals surface area contributed by atoms with Gasteiger partial charge in [-0.05, 0) is 62.7 Å². The topological polar surface area (TPSA) is 68.1 Å². The lowest BCUT2D eigenvalue weighted by Gasteiger charge is -2.12. The van der Waals surface area contributed by atoms with E-state index in [9.17, 15) is 18.0 Å². The highest BCUT2D eigenvalue weighted by Crippen LogP contribution is 2.31. The molecule has 41 heavy (non-hydrogen) atoms. The fraction of sp³-hybridized carbons (Fsp3) is 0.290. The first-order valence-corrected chi connectivity index (χ1v) is 14.8. The number of benzene rings is 2. The van der Waals surface area contributed by atoms with E-state index in [1.54, 1.807) is 42.6 Å². The van der Waals surface area contributed by atoms with Gasteiger partial charge in [0.15, 0.2) is 6.61 Å². The zero-order chi connectivity index (χ0) is 31.3. The first-order chi connectivity index (χ1) is 19.5. The number of aliphatic carboxylic acids is 1. The van der Waals surface area contributed by atoms with Crippen LogP contribution in [0.5, 0.6) is 11.5 Å². The second-order valence-electron chi connectivity index (χ2n) is 7.64. The van der Waals surface area contributed by atoms with Crippen LogP contribution in [0.3, 0.4) is 0 Å². The second kappa shape index (κ2) is 21.4. The van der Waals surface area contributed by atoms with E-state index in [4.69, 9.17) is 14.6 Å². The zero-order valence-electron chi connectivity index (χ0n) is 24.0. The molecule has 0 bridgehead atoms. The highest BCUT2D eigenvalue weighted by molar-refractivity contribution is 8.05. The van der Waals surface area contributed by atoms with E-state index in [0.29, 0.717) is 12.4 Å². The average Bonchev–Trinajstić information content (AvgIpc) is 2.95. The summed E-state index contributed by atoms with van der Waals surface area (Å²) in [5.74, 6) is 1.12. The number of hydrogen-bond donors (Lipinski definition) is 1. The molecule has 0 saturated carbocycles. The molecular formula is C31H38F3NO4S2. The van der Waals surface area contributed by atoms with Gasteiger partial charge in [-0.1, -0.05) is 62.9 Å². The van der Waals surface area contributed by atoms with E-state index in [2.05, 4.69) is 18.3 Å². The molecule has 0 aliphatic heterocycles. The molecule has 0 saturated heterocycles. The molecule has 0 aromatic heterocycles. The van der Waals surface area contributed by atoms with Crippen LogP contribution in [0.25, 0.3) is 0 Å². The van der Waals surface area contributed by atoms with Crippen LogP contribution in [0.2, 0.25) is 0 Å². The van der Waals surface area contributed by atoms with Crippen LogP contribution in [-0.2, 0) is 4.79 Å². The van der Waals surface area contributed by atoms with Gasteiger partial charge in [-0.3, -0.25) is 4.99 Å². The minimum absolute atomic E-state index is 0.345. The molecule has 1 N–H and O–H groups in total. The fourth-order valence-electron chi connectivity index (χ4n) is 2.68. The Labute approximate surface area is 249 Å². The van der Waals surface area contributed by atoms with Crippen LogP contribution in [-0.4, -0.2) is 49.2 Å². The maximum absolute atomic E-state index is 11.7. The largest absolute Gasteiger partial charge is 0.487 e. The number of allylic oxidation sites excluding steroid dienone is 5. The molecule has 0 radical (unpaired) electrons. The fourth-order valence-corrected chi connectivity index (χ4v) is 4.58. The molecule has 0 spiro atoms. The quantitative estimate of drug-likeness (QED) is 0.139. The Morgan fingerprint density at radius 1 is 1.07 bits per heavy atom. The molecule has 2 aromatic rings. The van der Waals surface area contributed by atoms with Gasteiger partial charge < -0.3 is 14.6 Å². The molecule has 10 heteroatoms. The van der Waals surface area contributed by atoms with Crippen molar-refractivity contribution in [1.29, 1.82) is 0 Å². The molecule has 0 aliphatic rings. The van der Waals surface area contributed by atoms with Crippen molar-refractivity contribution in [2.24, 2.45) is 4.99 Å². The average molecular weight is 610 g/mol. The van der Waals surface area contributed by atoms with E-state index in [-0.39, 0.29) is 6.61 Å². The Bertz CT molecular complexity index is 1180. The van der Waals surface area contributed by atoms with Crippen molar-refractivity contribution in [3.05, 3.63) is 101 Å². The number of alkyl halides is 3. The van der Waals surface area contributed by atoms with Crippen molar-refractivity contribution in [3.63, 3.8) is 0 Å². The number of halogens is 3. The third-order valence-corrected chi connectivity index (χ3v) is 6.79. The van der Waals surface area contributed by atoms with E-state index < -0.39 is 17.7 Å². The minimum atomic E-state index is -4.31. The van der Waals surface area contributed by atoms with Crippen LogP contribution < -0.4 is 9.47 Å². The highest BCUT2D eigenvalue weighted by Gasteiger charge is 2.29. The number of aliphatic imine (C=N–C) groups is 1. The lowest BCUT2D eigenvalue weighted by Crippen LogP contribution is -2.10. The number of nitrogens with zero attached hydrogens (tertiary/aromatic N) is 1. The summed E-state index contributed by atoms with van der Waals surface area (Å²) in [6, 6.07) is 15.3. The molecule has 2 aromatic carbocycles. The monoisotopic (exact) mass is 609 g/mol. The van der Waals surface area contributed by atoms with Gasteiger partial charge in [0.1, 0.15) is 18.1 Å². The van der Waals surface area contributed by atoms with E-state index in [1.807, 2.05) is 69.5 Å². The third kappa shape index (κ3) is 16.5. The summed E-state index contributed by atoms with van der Waals surface area (Å²) in [4.78, 5) is 17.0. The lowest BCUT2D eigenvalue weighted by molar-refractivity contribution is -0.139. The summed E-state index contributed by atoms with van der Waals surface area (Å²) < 4.78 is 46.2. The van der Waals surface area contributed by atoms with Crippen molar-refractivity contribution in [2.45, 2.75) is 38.8 Å². The van der Waals surface area contributed by atoms with Gasteiger partial charge in [-0.15, -0.1) is 23.5 Å². The van der Waals surface area contributed by atoms with Gasteiger partial charge in [0.05, 0.1) is 5.70 Å². The minimum Gasteiger partial charge on any atom is -0.487 e. The summed E-state index contributed by atoms with van der Waals surface area (Å²) in [5.41, 5.74) is 0.882. The normalized spacial score (nSPS) is 11.5. The van der Waals surface area contributed by atoms with Crippen LogP contribution in [0, 0.1) is 6.92 Å². The third-order valence-electron chi connectivity index (χ3n) is 4.71. The number of aryl methyl sites for hydroxylation is 1. The Morgan fingerprint density at radius 3 is 2.24 bits per heavy atom. The van der Waals surface area contributed by atoms with E-state index in [0.717, 1.165) is 38.6 Å². The van der Waals surface area contributed by atoms with Gasteiger partial charge >= 0.3 is 12.1 Å². The smallest absolute Gasteiger partial charge is 0.415 e. The second-order valence-corrected chi connectivity index (χ2v) is 9.59. The Morgan fingerprint density at radius 2 is 1.73 bits per heavy atom. The first kappa shape index (κ1) is 37.6. The predicted molar refractivity (Wildman–Crippen MR) is 168 cm³/mol. The number of thioether (sulfide) groups is 2. The van der Waals surface area contributed by atoms with Crippen molar-refractivity contribution < 1.29 is 32.5 Å². The molecule has 0 aliphatic carbocycles. The van der Waals surface area contributed by atoms with Crippen LogP contribution in [0.15, 0.2) is 105 Å². The molecule has 224 valence electrons. The number of hydrogen-bond acceptors (Lipinski definition) is 6. The number of ether oxygens (including phenoxy) is 2. The van der Waals surface area contributed by atoms with Crippen molar-refractivity contribution in [2.75, 3.05) is 25.2 Å². The predicted octanol–water partition coefficient (Wildman–Crippen LogP) is 9.17. The summed E-state index contributed by atoms with van der Waals surface area (Å²) >= 11 is 3.30. The van der Waals surface area contributed by atoms with Crippen molar-refractivity contribution >= 4 is 36.2 Å². The van der Waals surface area contributed by atoms with Gasteiger partial charge in [-0.2, -0.15) is 13.2 Å². The maximum atomic E-state index is 11.7. The van der Waals surface area contributed by atoms with Gasteiger partial charge in [-0.25, -0.2) is 4.79 Å². The van der Waals surface area contributed by atoms with E-state index in [1.165, 1.54) is 12.2 Å². The molecule has 0 atom stereocenters. The number of rotatable bonds is 13. The summed E-state index contributed by atoms with van der Waals surface area (Å²) in [5, 5.41) is 8.72. The molecule has 0 unspecified atom stereocenters. The van der Waals surface area contributed by atoms with Gasteiger partial charge in [0.25, 0.3) is 0 Å².